The summed E-state index contributed by atoms with van der Waals surface area (Å²) in [4.78, 5) is 15.3. The lowest BCUT2D eigenvalue weighted by Gasteiger charge is -2.23. The van der Waals surface area contributed by atoms with Gasteiger partial charge in [0, 0.05) is 18.0 Å². The highest BCUT2D eigenvalue weighted by Gasteiger charge is 2.26. The molecule has 0 saturated carbocycles. The number of carbonyl (C=O) groups excluding carboxylic acids is 1. The Morgan fingerprint density at radius 1 is 1.63 bits per heavy atom. The quantitative estimate of drug-likeness (QED) is 0.846. The van der Waals surface area contributed by atoms with Gasteiger partial charge in [0.15, 0.2) is 0 Å². The van der Waals surface area contributed by atoms with Crippen molar-refractivity contribution in [2.45, 2.75) is 13.0 Å². The normalized spacial score (nSPS) is 17.8. The molecule has 1 aromatic rings. The lowest BCUT2D eigenvalue weighted by Crippen LogP contribution is -2.36. The molecular formula is C13H18Cl2N2OS. The van der Waals surface area contributed by atoms with E-state index in [9.17, 15) is 4.79 Å². The smallest absolute Gasteiger partial charge is 0.227 e. The summed E-state index contributed by atoms with van der Waals surface area (Å²) >= 11 is 7.44. The maximum atomic E-state index is 12.4. The van der Waals surface area contributed by atoms with E-state index in [1.54, 1.807) is 6.08 Å². The molecule has 0 radical (unpaired) electrons. The van der Waals surface area contributed by atoms with Crippen LogP contribution in [0.2, 0.25) is 4.34 Å². The van der Waals surface area contributed by atoms with Crippen LogP contribution in [0.5, 0.6) is 0 Å². The molecule has 0 bridgehead atoms. The van der Waals surface area contributed by atoms with Gasteiger partial charge in [-0.2, -0.15) is 0 Å². The average Bonchev–Trinajstić information content (AvgIpc) is 2.99. The molecule has 1 aliphatic rings. The van der Waals surface area contributed by atoms with Crippen molar-refractivity contribution in [3.63, 3.8) is 0 Å². The van der Waals surface area contributed by atoms with Crippen LogP contribution in [0.4, 0.5) is 0 Å². The lowest BCUT2D eigenvalue weighted by atomic mass is 10.1. The van der Waals surface area contributed by atoms with Gasteiger partial charge in [0.25, 0.3) is 0 Å². The first-order chi connectivity index (χ1) is 8.70. The SMILES string of the molecule is C=CCN(Cc1ccc(Cl)s1)C(=O)C1CCNC1.Cl. The largest absolute Gasteiger partial charge is 0.334 e. The first-order valence-corrected chi connectivity index (χ1v) is 7.24. The number of hydrogen-bond donors (Lipinski definition) is 1. The Morgan fingerprint density at radius 3 is 2.95 bits per heavy atom. The summed E-state index contributed by atoms with van der Waals surface area (Å²) in [6.07, 6.45) is 2.70. The molecule has 2 rings (SSSR count). The summed E-state index contributed by atoms with van der Waals surface area (Å²) in [6, 6.07) is 3.85. The van der Waals surface area contributed by atoms with Gasteiger partial charge in [0.1, 0.15) is 0 Å². The average molecular weight is 321 g/mol. The highest BCUT2D eigenvalue weighted by molar-refractivity contribution is 7.16. The van der Waals surface area contributed by atoms with Gasteiger partial charge in [-0.3, -0.25) is 4.79 Å². The van der Waals surface area contributed by atoms with E-state index in [0.29, 0.717) is 13.1 Å². The standard InChI is InChI=1S/C13H17ClN2OS.ClH/c1-2-7-16(9-11-3-4-12(14)18-11)13(17)10-5-6-15-8-10;/h2-4,10,15H,1,5-9H2;1H. The van der Waals surface area contributed by atoms with E-state index < -0.39 is 0 Å². The van der Waals surface area contributed by atoms with Crippen LogP contribution in [0.15, 0.2) is 24.8 Å². The Morgan fingerprint density at radius 2 is 2.42 bits per heavy atom. The number of amides is 1. The zero-order valence-electron chi connectivity index (χ0n) is 10.6. The van der Waals surface area contributed by atoms with Crippen LogP contribution in [-0.4, -0.2) is 30.4 Å². The molecule has 6 heteroatoms. The van der Waals surface area contributed by atoms with Crippen molar-refractivity contribution in [2.24, 2.45) is 5.92 Å². The van der Waals surface area contributed by atoms with Crippen molar-refractivity contribution in [1.29, 1.82) is 0 Å². The maximum Gasteiger partial charge on any atom is 0.227 e. The molecule has 2 heterocycles. The van der Waals surface area contributed by atoms with Crippen LogP contribution < -0.4 is 5.32 Å². The van der Waals surface area contributed by atoms with Crippen molar-refractivity contribution in [3.8, 4) is 0 Å². The second-order valence-corrected chi connectivity index (χ2v) is 6.20. The topological polar surface area (TPSA) is 32.3 Å². The predicted octanol–water partition coefficient (Wildman–Crippen LogP) is 2.95. The number of carbonyl (C=O) groups is 1. The molecule has 1 amide bonds. The summed E-state index contributed by atoms with van der Waals surface area (Å²) < 4.78 is 0.763. The molecule has 1 aromatic heterocycles. The molecule has 0 aromatic carbocycles. The van der Waals surface area contributed by atoms with Gasteiger partial charge in [0.05, 0.1) is 16.8 Å². The molecule has 0 spiro atoms. The van der Waals surface area contributed by atoms with Crippen molar-refractivity contribution in [2.75, 3.05) is 19.6 Å². The fraction of sp³-hybridized carbons (Fsp3) is 0.462. The summed E-state index contributed by atoms with van der Waals surface area (Å²) in [7, 11) is 0. The summed E-state index contributed by atoms with van der Waals surface area (Å²) in [5, 5.41) is 3.23. The number of hydrogen-bond acceptors (Lipinski definition) is 3. The van der Waals surface area contributed by atoms with E-state index in [4.69, 9.17) is 11.6 Å². The van der Waals surface area contributed by atoms with E-state index in [-0.39, 0.29) is 24.2 Å². The fourth-order valence-corrected chi connectivity index (χ4v) is 3.24. The van der Waals surface area contributed by atoms with Crippen LogP contribution in [-0.2, 0) is 11.3 Å². The first kappa shape index (κ1) is 16.5. The highest BCUT2D eigenvalue weighted by atomic mass is 35.5. The maximum absolute atomic E-state index is 12.4. The van der Waals surface area contributed by atoms with Crippen LogP contribution in [0.1, 0.15) is 11.3 Å². The van der Waals surface area contributed by atoms with Crippen molar-refractivity contribution >= 4 is 41.3 Å². The molecule has 106 valence electrons. The molecule has 1 saturated heterocycles. The highest BCUT2D eigenvalue weighted by Crippen LogP contribution is 2.23. The van der Waals surface area contributed by atoms with Crippen molar-refractivity contribution in [3.05, 3.63) is 34.0 Å². The number of rotatable bonds is 5. The lowest BCUT2D eigenvalue weighted by molar-refractivity contribution is -0.134. The minimum atomic E-state index is 0. The Labute approximate surface area is 129 Å². The van der Waals surface area contributed by atoms with Crippen LogP contribution in [0.25, 0.3) is 0 Å². The second-order valence-electron chi connectivity index (χ2n) is 4.40. The Kier molecular flexibility index (Phi) is 6.86. The molecular weight excluding hydrogens is 303 g/mol. The molecule has 3 nitrogen and oxygen atoms in total. The molecule has 1 fully saturated rings. The Bertz CT molecular complexity index is 430. The van der Waals surface area contributed by atoms with Crippen LogP contribution in [0.3, 0.4) is 0 Å². The van der Waals surface area contributed by atoms with Crippen LogP contribution >= 0.6 is 35.3 Å². The summed E-state index contributed by atoms with van der Waals surface area (Å²) in [5.41, 5.74) is 0. The van der Waals surface area contributed by atoms with Gasteiger partial charge in [-0.05, 0) is 25.1 Å². The van der Waals surface area contributed by atoms with E-state index in [1.807, 2.05) is 17.0 Å². The fourth-order valence-electron chi connectivity index (χ4n) is 2.14. The van der Waals surface area contributed by atoms with Gasteiger partial charge in [-0.1, -0.05) is 17.7 Å². The first-order valence-electron chi connectivity index (χ1n) is 6.05. The van der Waals surface area contributed by atoms with Gasteiger partial charge < -0.3 is 10.2 Å². The third-order valence-corrected chi connectivity index (χ3v) is 4.26. The van der Waals surface area contributed by atoms with E-state index >= 15 is 0 Å². The van der Waals surface area contributed by atoms with E-state index in [0.717, 1.165) is 28.7 Å². The Hall–Kier alpha value is -0.550. The van der Waals surface area contributed by atoms with Gasteiger partial charge in [0.2, 0.25) is 5.91 Å². The molecule has 0 aliphatic carbocycles. The molecule has 1 N–H and O–H groups in total. The zero-order chi connectivity index (χ0) is 13.0. The number of thiophene rings is 1. The van der Waals surface area contributed by atoms with Gasteiger partial charge >= 0.3 is 0 Å². The van der Waals surface area contributed by atoms with Crippen molar-refractivity contribution in [1.82, 2.24) is 10.2 Å². The Balaban J connectivity index is 0.00000180. The number of nitrogens with one attached hydrogen (secondary N) is 1. The van der Waals surface area contributed by atoms with E-state index in [2.05, 4.69) is 11.9 Å². The monoisotopic (exact) mass is 320 g/mol. The predicted molar refractivity (Wildman–Crippen MR) is 83.2 cm³/mol. The molecule has 1 unspecified atom stereocenters. The van der Waals surface area contributed by atoms with E-state index in [1.165, 1.54) is 11.3 Å². The third kappa shape index (κ3) is 4.49. The van der Waals surface area contributed by atoms with Crippen LogP contribution in [0, 0.1) is 5.92 Å². The summed E-state index contributed by atoms with van der Waals surface area (Å²) in [6.45, 7) is 6.66. The number of halogens is 2. The summed E-state index contributed by atoms with van der Waals surface area (Å²) in [5.74, 6) is 0.324. The molecule has 1 atom stereocenters. The zero-order valence-corrected chi connectivity index (χ0v) is 13.0. The minimum Gasteiger partial charge on any atom is -0.334 e. The van der Waals surface area contributed by atoms with Crippen molar-refractivity contribution < 1.29 is 4.79 Å². The second kappa shape index (κ2) is 7.90. The molecule has 1 aliphatic heterocycles. The molecule has 19 heavy (non-hydrogen) atoms. The number of nitrogens with zero attached hydrogens (tertiary/aromatic N) is 1. The third-order valence-electron chi connectivity index (χ3n) is 3.05. The van der Waals surface area contributed by atoms with Gasteiger partial charge in [-0.15, -0.1) is 30.3 Å². The van der Waals surface area contributed by atoms with Gasteiger partial charge in [-0.25, -0.2) is 0 Å². The minimum absolute atomic E-state index is 0.